The molecular weight excluding hydrogens is 294 g/mol. The Morgan fingerprint density at radius 1 is 0.458 bits per heavy atom. The predicted octanol–water partition coefficient (Wildman–Crippen LogP) is 5.94. The zero-order chi connectivity index (χ0) is 19.9. The van der Waals surface area contributed by atoms with Gasteiger partial charge in [0.25, 0.3) is 0 Å². The summed E-state index contributed by atoms with van der Waals surface area (Å²) in [7, 11) is 0. The van der Waals surface area contributed by atoms with Crippen LogP contribution >= 0.6 is 0 Å². The van der Waals surface area contributed by atoms with Gasteiger partial charge in [-0.05, 0) is 104 Å². The maximum Gasteiger partial charge on any atom is 0.198 e. The van der Waals surface area contributed by atoms with Crippen molar-refractivity contribution in [3.63, 3.8) is 0 Å². The van der Waals surface area contributed by atoms with Crippen LogP contribution in [0.1, 0.15) is 104 Å². The molecule has 3 nitrogen and oxygen atoms in total. The van der Waals surface area contributed by atoms with E-state index in [0.29, 0.717) is 0 Å². The van der Waals surface area contributed by atoms with Crippen molar-refractivity contribution in [3.8, 4) is 0 Å². The summed E-state index contributed by atoms with van der Waals surface area (Å²) in [5.41, 5.74) is -0.263. The van der Waals surface area contributed by atoms with Gasteiger partial charge < -0.3 is 9.80 Å². The second kappa shape index (κ2) is 6.53. The number of guanidine groups is 1. The lowest BCUT2D eigenvalue weighted by molar-refractivity contribution is 0.0478. The molecule has 24 heavy (non-hydrogen) atoms. The van der Waals surface area contributed by atoms with Crippen molar-refractivity contribution < 1.29 is 0 Å². The largest absolute Gasteiger partial charge is 0.333 e. The predicted molar refractivity (Wildman–Crippen MR) is 110 cm³/mol. The van der Waals surface area contributed by atoms with Crippen molar-refractivity contribution >= 4 is 5.96 Å². The van der Waals surface area contributed by atoms with Crippen LogP contribution in [0.15, 0.2) is 4.99 Å². The smallest absolute Gasteiger partial charge is 0.198 e. The molecule has 3 heteroatoms. The first-order valence-electron chi connectivity index (χ1n) is 9.29. The van der Waals surface area contributed by atoms with Gasteiger partial charge in [0.2, 0.25) is 0 Å². The van der Waals surface area contributed by atoms with Gasteiger partial charge in [0.15, 0.2) is 5.96 Å². The Balaban J connectivity index is 6.76. The normalized spacial score (nSPS) is 14.5. The van der Waals surface area contributed by atoms with E-state index in [2.05, 4.69) is 114 Å². The van der Waals surface area contributed by atoms with E-state index in [9.17, 15) is 0 Å². The summed E-state index contributed by atoms with van der Waals surface area (Å²) in [5, 5.41) is 0. The fraction of sp³-hybridized carbons (Fsp3) is 0.952. The van der Waals surface area contributed by atoms with Gasteiger partial charge in [0.1, 0.15) is 0 Å². The SMILES string of the molecule is CC(C)(C)N=C(N(C(C)(C)C)C(C)(C)C)N(C(C)(C)C)C(C)(C)C. The quantitative estimate of drug-likeness (QED) is 0.402. The molecule has 0 aliphatic heterocycles. The Bertz CT molecular complexity index is 378. The first kappa shape index (κ1) is 23.3. The van der Waals surface area contributed by atoms with E-state index in [-0.39, 0.29) is 27.7 Å². The monoisotopic (exact) mass is 339 g/mol. The molecule has 0 spiro atoms. The molecule has 0 fully saturated rings. The molecule has 0 bridgehead atoms. The van der Waals surface area contributed by atoms with Crippen LogP contribution in [0.4, 0.5) is 0 Å². The number of hydrogen-bond acceptors (Lipinski definition) is 1. The Labute approximate surface area is 152 Å². The van der Waals surface area contributed by atoms with Gasteiger partial charge >= 0.3 is 0 Å². The topological polar surface area (TPSA) is 18.8 Å². The van der Waals surface area contributed by atoms with Crippen LogP contribution < -0.4 is 0 Å². The third kappa shape index (κ3) is 6.64. The van der Waals surface area contributed by atoms with Gasteiger partial charge in [-0.1, -0.05) is 0 Å². The average Bonchev–Trinajstić information content (AvgIpc) is 2.01. The molecule has 0 saturated heterocycles. The Hall–Kier alpha value is -0.730. The highest BCUT2D eigenvalue weighted by Gasteiger charge is 2.43. The third-order valence-corrected chi connectivity index (χ3v) is 3.52. The molecule has 144 valence electrons. The summed E-state index contributed by atoms with van der Waals surface area (Å²) >= 11 is 0. The molecule has 0 unspecified atom stereocenters. The molecular formula is C21H45N3. The molecule has 0 aliphatic carbocycles. The lowest BCUT2D eigenvalue weighted by Gasteiger charge is -2.56. The third-order valence-electron chi connectivity index (χ3n) is 3.52. The second-order valence-electron chi connectivity index (χ2n) is 11.9. The summed E-state index contributed by atoms with van der Waals surface area (Å²) in [6, 6.07) is 0. The van der Waals surface area contributed by atoms with E-state index < -0.39 is 0 Å². The van der Waals surface area contributed by atoms with Crippen LogP contribution in [0.5, 0.6) is 0 Å². The van der Waals surface area contributed by atoms with Crippen molar-refractivity contribution in [3.05, 3.63) is 0 Å². The van der Waals surface area contributed by atoms with Gasteiger partial charge in [0, 0.05) is 22.2 Å². The Morgan fingerprint density at radius 2 is 0.667 bits per heavy atom. The molecule has 0 atom stereocenters. The first-order valence-corrected chi connectivity index (χ1v) is 9.29. The van der Waals surface area contributed by atoms with Crippen molar-refractivity contribution in [2.45, 2.75) is 132 Å². The Kier molecular flexibility index (Phi) is 6.33. The minimum absolute atomic E-state index is 0.0307. The molecule has 0 aromatic rings. The Morgan fingerprint density at radius 3 is 0.792 bits per heavy atom. The van der Waals surface area contributed by atoms with Crippen molar-refractivity contribution in [2.24, 2.45) is 4.99 Å². The molecule has 0 N–H and O–H groups in total. The van der Waals surface area contributed by atoms with Crippen LogP contribution in [-0.2, 0) is 0 Å². The van der Waals surface area contributed by atoms with E-state index in [1.165, 1.54) is 0 Å². The van der Waals surface area contributed by atoms with Crippen LogP contribution in [0.3, 0.4) is 0 Å². The minimum atomic E-state index is -0.140. The summed E-state index contributed by atoms with van der Waals surface area (Å²) < 4.78 is 0. The van der Waals surface area contributed by atoms with Gasteiger partial charge in [-0.3, -0.25) is 0 Å². The number of hydrogen-bond donors (Lipinski definition) is 0. The van der Waals surface area contributed by atoms with Crippen molar-refractivity contribution in [2.75, 3.05) is 0 Å². The van der Waals surface area contributed by atoms with E-state index in [0.717, 1.165) is 5.96 Å². The first-order chi connectivity index (χ1) is 10.1. The number of nitrogens with zero attached hydrogens (tertiary/aromatic N) is 3. The van der Waals surface area contributed by atoms with Crippen molar-refractivity contribution in [1.29, 1.82) is 0 Å². The summed E-state index contributed by atoms with van der Waals surface area (Å²) in [5.74, 6) is 1.09. The number of aliphatic imine (C=N–C) groups is 1. The summed E-state index contributed by atoms with van der Waals surface area (Å²) in [6.45, 7) is 33.9. The van der Waals surface area contributed by atoms with Gasteiger partial charge in [-0.15, -0.1) is 0 Å². The van der Waals surface area contributed by atoms with E-state index in [1.54, 1.807) is 0 Å². The standard InChI is InChI=1S/C21H45N3/c1-17(2,3)22-16(23(18(4,5)6)19(7,8)9)24(20(10,11)12)21(13,14)15/h1-15H3. The summed E-state index contributed by atoms with van der Waals surface area (Å²) in [4.78, 5) is 10.2. The van der Waals surface area contributed by atoms with Crippen molar-refractivity contribution in [1.82, 2.24) is 9.80 Å². The molecule has 0 radical (unpaired) electrons. The van der Waals surface area contributed by atoms with E-state index in [4.69, 9.17) is 4.99 Å². The molecule has 0 aliphatic rings. The fourth-order valence-electron chi connectivity index (χ4n) is 3.71. The van der Waals surface area contributed by atoms with Gasteiger partial charge in [0.05, 0.1) is 5.54 Å². The van der Waals surface area contributed by atoms with Crippen LogP contribution in [0, 0.1) is 0 Å². The number of rotatable bonds is 0. The van der Waals surface area contributed by atoms with Gasteiger partial charge in [-0.25, -0.2) is 4.99 Å². The lowest BCUT2D eigenvalue weighted by Crippen LogP contribution is -2.67. The molecule has 0 aromatic carbocycles. The van der Waals surface area contributed by atoms with E-state index in [1.807, 2.05) is 0 Å². The minimum Gasteiger partial charge on any atom is -0.333 e. The molecule has 0 saturated carbocycles. The van der Waals surface area contributed by atoms with Crippen LogP contribution in [0.2, 0.25) is 0 Å². The second-order valence-corrected chi connectivity index (χ2v) is 11.9. The van der Waals surface area contributed by atoms with Gasteiger partial charge in [-0.2, -0.15) is 0 Å². The lowest BCUT2D eigenvalue weighted by atomic mass is 9.92. The summed E-state index contributed by atoms with van der Waals surface area (Å²) in [6.07, 6.45) is 0. The highest BCUT2D eigenvalue weighted by molar-refractivity contribution is 5.83. The van der Waals surface area contributed by atoms with Crippen LogP contribution in [-0.4, -0.2) is 43.5 Å². The maximum atomic E-state index is 5.24. The zero-order valence-corrected chi connectivity index (χ0v) is 19.3. The molecule has 0 rings (SSSR count). The van der Waals surface area contributed by atoms with Crippen LogP contribution in [0.25, 0.3) is 0 Å². The van der Waals surface area contributed by atoms with E-state index >= 15 is 0 Å². The maximum absolute atomic E-state index is 5.24. The molecule has 0 aromatic heterocycles. The fourth-order valence-corrected chi connectivity index (χ4v) is 3.71. The highest BCUT2D eigenvalue weighted by Crippen LogP contribution is 2.34. The zero-order valence-electron chi connectivity index (χ0n) is 19.3. The molecule has 0 amide bonds. The molecule has 0 heterocycles. The highest BCUT2D eigenvalue weighted by atomic mass is 15.5. The average molecular weight is 340 g/mol.